The van der Waals surface area contributed by atoms with E-state index in [4.69, 9.17) is 0 Å². The van der Waals surface area contributed by atoms with Crippen LogP contribution in [0.4, 0.5) is 0 Å². The maximum absolute atomic E-state index is 2.61. The molecule has 0 heterocycles. The van der Waals surface area contributed by atoms with Crippen molar-refractivity contribution in [1.29, 1.82) is 0 Å². The summed E-state index contributed by atoms with van der Waals surface area (Å²) in [6, 6.07) is 57.5. The molecule has 232 valence electrons. The molecule has 0 nitrogen and oxygen atoms in total. The number of benzene rings is 6. The van der Waals surface area contributed by atoms with Gasteiger partial charge in [0.05, 0.1) is 0 Å². The molecule has 0 atom stereocenters. The van der Waals surface area contributed by atoms with E-state index in [0.717, 1.165) is 0 Å². The van der Waals surface area contributed by atoms with Gasteiger partial charge in [-0.05, 0) is 0 Å². The van der Waals surface area contributed by atoms with Crippen LogP contribution in [0.15, 0.2) is 146 Å². The van der Waals surface area contributed by atoms with Crippen LogP contribution in [0.3, 0.4) is 0 Å². The first-order chi connectivity index (χ1) is 21.7. The molecule has 3 heteroatoms. The predicted octanol–water partition coefficient (Wildman–Crippen LogP) is 8.20. The minimum absolute atomic E-state index is 0.351. The molecular weight excluding hydrogens is 673 g/mol. The standard InChI is InChI=1S/2C21H21P.Pd/c2*1-16-4-10-19(11-5-16)22(20-12-6-17(2)7-13-20)21-14-8-18(3)9-15-21;/h2*4-15H,1-3H3;/q;;-2/p+2. The minimum atomic E-state index is -2.61. The molecule has 0 aliphatic heterocycles. The Balaban J connectivity index is 1.78. The van der Waals surface area contributed by atoms with Gasteiger partial charge >= 0.3 is 280 Å². The van der Waals surface area contributed by atoms with Crippen molar-refractivity contribution in [3.63, 3.8) is 0 Å². The Bertz CT molecular complexity index is 1510. The van der Waals surface area contributed by atoms with Gasteiger partial charge in [0.2, 0.25) is 0 Å². The summed E-state index contributed by atoms with van der Waals surface area (Å²) >= 11 is 0.351. The molecule has 0 aliphatic rings. The van der Waals surface area contributed by atoms with E-state index < -0.39 is 10.9 Å². The first-order valence-electron chi connectivity index (χ1n) is 15.7. The summed E-state index contributed by atoms with van der Waals surface area (Å²) in [5.41, 5.74) is 2.62. The molecule has 0 radical (unpaired) electrons. The van der Waals surface area contributed by atoms with E-state index in [2.05, 4.69) is 187 Å². The Hall–Kier alpha value is -3.16. The molecule has 0 saturated heterocycles. The van der Waals surface area contributed by atoms with Gasteiger partial charge in [-0.25, -0.2) is 0 Å². The zero-order chi connectivity index (χ0) is 31.6. The third-order valence-electron chi connectivity index (χ3n) is 8.83. The fourth-order valence-electron chi connectivity index (χ4n) is 6.09. The monoisotopic (exact) mass is 716 g/mol. The molecule has 6 rings (SSSR count). The first-order valence-corrected chi connectivity index (χ1v) is 24.0. The molecule has 0 amide bonds. The van der Waals surface area contributed by atoms with Crippen molar-refractivity contribution < 1.29 is 17.0 Å². The number of hydrogen-bond acceptors (Lipinski definition) is 0. The Morgan fingerprint density at radius 3 is 0.511 bits per heavy atom. The molecule has 0 unspecified atom stereocenters. The predicted molar refractivity (Wildman–Crippen MR) is 202 cm³/mol. The van der Waals surface area contributed by atoms with E-state index >= 15 is 0 Å². The van der Waals surface area contributed by atoms with Crippen molar-refractivity contribution >= 4 is 42.7 Å². The van der Waals surface area contributed by atoms with E-state index in [1.165, 1.54) is 65.2 Å². The molecule has 45 heavy (non-hydrogen) atoms. The average Bonchev–Trinajstić information content (AvgIpc) is 3.05. The van der Waals surface area contributed by atoms with Crippen LogP contribution >= 0.6 is 10.9 Å². The second kappa shape index (κ2) is 13.3. The van der Waals surface area contributed by atoms with Gasteiger partial charge in [-0.2, -0.15) is 0 Å². The van der Waals surface area contributed by atoms with Gasteiger partial charge in [-0.1, -0.05) is 0 Å². The second-order valence-electron chi connectivity index (χ2n) is 12.5. The van der Waals surface area contributed by atoms with Crippen molar-refractivity contribution in [2.24, 2.45) is 0 Å². The summed E-state index contributed by atoms with van der Waals surface area (Å²) in [7, 11) is 0. The van der Waals surface area contributed by atoms with Crippen molar-refractivity contribution in [3.05, 3.63) is 179 Å². The van der Waals surface area contributed by atoms with E-state index in [1.807, 2.05) is 0 Å². The summed E-state index contributed by atoms with van der Waals surface area (Å²) in [6.07, 6.45) is 0. The van der Waals surface area contributed by atoms with Gasteiger partial charge in [-0.15, -0.1) is 0 Å². The van der Waals surface area contributed by atoms with Crippen LogP contribution < -0.4 is 31.8 Å². The molecule has 0 fully saturated rings. The Kier molecular flexibility index (Phi) is 9.40. The fraction of sp³-hybridized carbons (Fsp3) is 0.143. The molecule has 0 saturated carbocycles. The summed E-state index contributed by atoms with van der Waals surface area (Å²) in [5.74, 6) is 0. The third-order valence-corrected chi connectivity index (χ3v) is 35.9. The van der Waals surface area contributed by atoms with Crippen molar-refractivity contribution in [3.8, 4) is 0 Å². The summed E-state index contributed by atoms with van der Waals surface area (Å²) in [4.78, 5) is 0. The van der Waals surface area contributed by atoms with Gasteiger partial charge in [0.15, 0.2) is 0 Å². The van der Waals surface area contributed by atoms with Gasteiger partial charge in [0.1, 0.15) is 0 Å². The zero-order valence-electron chi connectivity index (χ0n) is 27.2. The van der Waals surface area contributed by atoms with Gasteiger partial charge in [0, 0.05) is 0 Å². The molecular formula is C42H44P2Pd. The number of rotatable bonds is 8. The Morgan fingerprint density at radius 1 is 0.244 bits per heavy atom. The van der Waals surface area contributed by atoms with E-state index in [-0.39, 0.29) is 0 Å². The van der Waals surface area contributed by atoms with Gasteiger partial charge in [0.25, 0.3) is 0 Å². The number of hydrogen-bond donors (Lipinski definition) is 0. The van der Waals surface area contributed by atoms with Crippen LogP contribution in [0.1, 0.15) is 33.4 Å². The van der Waals surface area contributed by atoms with Crippen molar-refractivity contribution in [2.75, 3.05) is 0 Å². The molecule has 0 N–H and O–H groups in total. The van der Waals surface area contributed by atoms with Crippen LogP contribution in [0.5, 0.6) is 0 Å². The quantitative estimate of drug-likeness (QED) is 0.110. The van der Waals surface area contributed by atoms with Crippen LogP contribution in [-0.4, -0.2) is 0 Å². The second-order valence-corrected chi connectivity index (χ2v) is 29.5. The SMILES string of the molecule is Cc1ccc([PH]([Pd][PH](c2ccc(C)cc2)(c2ccc(C)cc2)c2ccc(C)cc2)(c2ccc(C)cc2)c2ccc(C)cc2)cc1. The molecule has 6 aromatic carbocycles. The fourth-order valence-corrected chi connectivity index (χ4v) is 40.0. The molecule has 0 aliphatic carbocycles. The summed E-state index contributed by atoms with van der Waals surface area (Å²) in [5, 5.41) is 8.99. The van der Waals surface area contributed by atoms with Crippen molar-refractivity contribution in [2.45, 2.75) is 41.5 Å². The third kappa shape index (κ3) is 6.31. The zero-order valence-corrected chi connectivity index (χ0v) is 30.7. The summed E-state index contributed by atoms with van der Waals surface area (Å²) in [6.45, 7) is 13.2. The molecule has 0 spiro atoms. The van der Waals surface area contributed by atoms with Crippen LogP contribution in [0, 0.1) is 41.5 Å². The van der Waals surface area contributed by atoms with Gasteiger partial charge in [-0.3, -0.25) is 0 Å². The topological polar surface area (TPSA) is 0 Å². The maximum atomic E-state index is 2.46. The van der Waals surface area contributed by atoms with Gasteiger partial charge < -0.3 is 0 Å². The number of aryl methyl sites for hydroxylation is 6. The molecule has 0 aromatic heterocycles. The van der Waals surface area contributed by atoms with E-state index in [1.54, 1.807) is 0 Å². The van der Waals surface area contributed by atoms with Crippen molar-refractivity contribution in [1.82, 2.24) is 0 Å². The van der Waals surface area contributed by atoms with Crippen LogP contribution in [0.2, 0.25) is 0 Å². The van der Waals surface area contributed by atoms with E-state index in [9.17, 15) is 0 Å². The van der Waals surface area contributed by atoms with E-state index in [0.29, 0.717) is 17.0 Å². The van der Waals surface area contributed by atoms with Crippen LogP contribution in [-0.2, 0) is 17.0 Å². The molecule has 6 aromatic rings. The summed E-state index contributed by atoms with van der Waals surface area (Å²) < 4.78 is 0. The average molecular weight is 717 g/mol. The Morgan fingerprint density at radius 2 is 0.378 bits per heavy atom. The normalized spacial score (nSPS) is 12.7. The van der Waals surface area contributed by atoms with Crippen LogP contribution in [0.25, 0.3) is 0 Å². The Labute approximate surface area is 278 Å². The first kappa shape index (κ1) is 31.8. The molecule has 0 bridgehead atoms.